The summed E-state index contributed by atoms with van der Waals surface area (Å²) < 4.78 is 0. The maximum atomic E-state index is 12.2. The lowest BCUT2D eigenvalue weighted by molar-refractivity contribution is 0.103. The molecule has 1 fully saturated rings. The van der Waals surface area contributed by atoms with Crippen LogP contribution < -0.4 is 0 Å². The summed E-state index contributed by atoms with van der Waals surface area (Å²) in [7, 11) is 0. The lowest BCUT2D eigenvalue weighted by Gasteiger charge is -2.00. The standard InChI is InChI=1S/C13H12N2O/c16-13(10-4-2-1-3-5-10)11-8-14-15-12(11)9-6-7-9/h1-5,8-9H,6-7H2,(H,14,15). The van der Waals surface area contributed by atoms with Crippen LogP contribution in [0.4, 0.5) is 0 Å². The van der Waals surface area contributed by atoms with Crippen molar-refractivity contribution in [2.75, 3.05) is 0 Å². The van der Waals surface area contributed by atoms with Gasteiger partial charge in [0.15, 0.2) is 5.78 Å². The summed E-state index contributed by atoms with van der Waals surface area (Å²) in [6.45, 7) is 0. The topological polar surface area (TPSA) is 45.8 Å². The summed E-state index contributed by atoms with van der Waals surface area (Å²) in [5.74, 6) is 0.560. The van der Waals surface area contributed by atoms with Crippen LogP contribution in [-0.2, 0) is 0 Å². The minimum Gasteiger partial charge on any atom is -0.288 e. The number of ketones is 1. The third kappa shape index (κ3) is 1.54. The second-order valence-corrected chi connectivity index (χ2v) is 4.15. The lowest BCUT2D eigenvalue weighted by atomic mass is 10.0. The molecule has 0 unspecified atom stereocenters. The fraction of sp³-hybridized carbons (Fsp3) is 0.231. The van der Waals surface area contributed by atoms with Gasteiger partial charge in [-0.05, 0) is 12.8 Å². The molecule has 0 bridgehead atoms. The Bertz CT molecular complexity index is 512. The highest BCUT2D eigenvalue weighted by Gasteiger charge is 2.30. The molecule has 1 heterocycles. The zero-order valence-electron chi connectivity index (χ0n) is 8.81. The van der Waals surface area contributed by atoms with Gasteiger partial charge in [0, 0.05) is 17.7 Å². The van der Waals surface area contributed by atoms with Gasteiger partial charge in [0.25, 0.3) is 0 Å². The van der Waals surface area contributed by atoms with Crippen molar-refractivity contribution in [2.24, 2.45) is 0 Å². The summed E-state index contributed by atoms with van der Waals surface area (Å²) in [4.78, 5) is 12.2. The molecule has 0 atom stereocenters. The maximum Gasteiger partial charge on any atom is 0.196 e. The predicted octanol–water partition coefficient (Wildman–Crippen LogP) is 2.52. The Morgan fingerprint density at radius 2 is 2.00 bits per heavy atom. The molecule has 16 heavy (non-hydrogen) atoms. The summed E-state index contributed by atoms with van der Waals surface area (Å²) in [5, 5.41) is 6.98. The van der Waals surface area contributed by atoms with Gasteiger partial charge in [0.1, 0.15) is 0 Å². The summed E-state index contributed by atoms with van der Waals surface area (Å²) in [5.41, 5.74) is 2.40. The second kappa shape index (κ2) is 3.59. The van der Waals surface area contributed by atoms with E-state index in [0.29, 0.717) is 5.92 Å². The van der Waals surface area contributed by atoms with Crippen LogP contribution in [0.15, 0.2) is 36.5 Å². The molecule has 0 aliphatic heterocycles. The zero-order valence-corrected chi connectivity index (χ0v) is 8.81. The number of carbonyl (C=O) groups is 1. The number of nitrogens with zero attached hydrogens (tertiary/aromatic N) is 1. The van der Waals surface area contributed by atoms with Gasteiger partial charge in [-0.1, -0.05) is 30.3 Å². The molecule has 1 saturated carbocycles. The molecule has 0 amide bonds. The van der Waals surface area contributed by atoms with E-state index in [-0.39, 0.29) is 5.78 Å². The molecule has 2 aromatic rings. The SMILES string of the molecule is O=C(c1ccccc1)c1c[nH]nc1C1CC1. The van der Waals surface area contributed by atoms with Gasteiger partial charge in [-0.2, -0.15) is 5.10 Å². The van der Waals surface area contributed by atoms with Crippen molar-refractivity contribution in [1.29, 1.82) is 0 Å². The normalized spacial score (nSPS) is 15.0. The van der Waals surface area contributed by atoms with Gasteiger partial charge >= 0.3 is 0 Å². The summed E-state index contributed by atoms with van der Waals surface area (Å²) in [6.07, 6.45) is 4.02. The van der Waals surface area contributed by atoms with Gasteiger partial charge < -0.3 is 0 Å². The molecule has 1 aliphatic carbocycles. The summed E-state index contributed by atoms with van der Waals surface area (Å²) in [6, 6.07) is 9.35. The van der Waals surface area contributed by atoms with Crippen LogP contribution in [0.2, 0.25) is 0 Å². The third-order valence-electron chi connectivity index (χ3n) is 2.91. The summed E-state index contributed by atoms with van der Waals surface area (Å²) >= 11 is 0. The molecule has 3 rings (SSSR count). The Balaban J connectivity index is 1.97. The quantitative estimate of drug-likeness (QED) is 0.794. The fourth-order valence-electron chi connectivity index (χ4n) is 1.90. The van der Waals surface area contributed by atoms with E-state index in [9.17, 15) is 4.79 Å². The van der Waals surface area contributed by atoms with Gasteiger partial charge in [-0.3, -0.25) is 9.89 Å². The van der Waals surface area contributed by atoms with E-state index in [4.69, 9.17) is 0 Å². The van der Waals surface area contributed by atoms with Crippen molar-refractivity contribution in [3.63, 3.8) is 0 Å². The number of aromatic nitrogens is 2. The average molecular weight is 212 g/mol. The van der Waals surface area contributed by atoms with Crippen molar-refractivity contribution in [3.8, 4) is 0 Å². The van der Waals surface area contributed by atoms with Gasteiger partial charge in [0.2, 0.25) is 0 Å². The van der Waals surface area contributed by atoms with Crippen LogP contribution in [-0.4, -0.2) is 16.0 Å². The Morgan fingerprint density at radius 3 is 2.69 bits per heavy atom. The van der Waals surface area contributed by atoms with Crippen molar-refractivity contribution >= 4 is 5.78 Å². The number of benzene rings is 1. The molecule has 80 valence electrons. The minimum absolute atomic E-state index is 0.0660. The molecule has 1 aromatic carbocycles. The number of nitrogens with one attached hydrogen (secondary N) is 1. The Morgan fingerprint density at radius 1 is 1.25 bits per heavy atom. The molecule has 0 saturated heterocycles. The highest BCUT2D eigenvalue weighted by molar-refractivity contribution is 6.09. The predicted molar refractivity (Wildman–Crippen MR) is 60.4 cm³/mol. The van der Waals surface area contributed by atoms with Crippen LogP contribution in [0, 0.1) is 0 Å². The van der Waals surface area contributed by atoms with Gasteiger partial charge in [-0.25, -0.2) is 0 Å². The van der Waals surface area contributed by atoms with Gasteiger partial charge in [-0.15, -0.1) is 0 Å². The van der Waals surface area contributed by atoms with E-state index in [1.165, 1.54) is 0 Å². The van der Waals surface area contributed by atoms with E-state index in [1.54, 1.807) is 6.20 Å². The van der Waals surface area contributed by atoms with Crippen molar-refractivity contribution in [1.82, 2.24) is 10.2 Å². The molecule has 0 radical (unpaired) electrons. The van der Waals surface area contributed by atoms with Gasteiger partial charge in [0.05, 0.1) is 11.3 Å². The Kier molecular flexibility index (Phi) is 2.10. The molecule has 1 aliphatic rings. The van der Waals surface area contributed by atoms with Crippen LogP contribution in [0.3, 0.4) is 0 Å². The first-order valence-electron chi connectivity index (χ1n) is 5.49. The van der Waals surface area contributed by atoms with Crippen LogP contribution in [0.5, 0.6) is 0 Å². The van der Waals surface area contributed by atoms with Crippen LogP contribution in [0.25, 0.3) is 0 Å². The van der Waals surface area contributed by atoms with Crippen molar-refractivity contribution < 1.29 is 4.79 Å². The van der Waals surface area contributed by atoms with E-state index in [0.717, 1.165) is 29.7 Å². The highest BCUT2D eigenvalue weighted by atomic mass is 16.1. The van der Waals surface area contributed by atoms with E-state index in [1.807, 2.05) is 30.3 Å². The largest absolute Gasteiger partial charge is 0.288 e. The molecular weight excluding hydrogens is 200 g/mol. The van der Waals surface area contributed by atoms with Crippen molar-refractivity contribution in [2.45, 2.75) is 18.8 Å². The lowest BCUT2D eigenvalue weighted by Crippen LogP contribution is -2.02. The number of hydrogen-bond donors (Lipinski definition) is 1. The zero-order chi connectivity index (χ0) is 11.0. The number of rotatable bonds is 3. The second-order valence-electron chi connectivity index (χ2n) is 4.15. The number of hydrogen-bond acceptors (Lipinski definition) is 2. The van der Waals surface area contributed by atoms with E-state index >= 15 is 0 Å². The molecule has 0 spiro atoms. The van der Waals surface area contributed by atoms with Crippen molar-refractivity contribution in [3.05, 3.63) is 53.3 Å². The molecule has 3 nitrogen and oxygen atoms in total. The average Bonchev–Trinajstić information content (AvgIpc) is 3.07. The Labute approximate surface area is 93.5 Å². The number of carbonyl (C=O) groups excluding carboxylic acids is 1. The van der Waals surface area contributed by atoms with E-state index in [2.05, 4.69) is 10.2 Å². The molecule has 1 N–H and O–H groups in total. The Hall–Kier alpha value is -1.90. The monoisotopic (exact) mass is 212 g/mol. The fourth-order valence-corrected chi connectivity index (χ4v) is 1.90. The number of aromatic amines is 1. The number of H-pyrrole nitrogens is 1. The molecule has 1 aromatic heterocycles. The molecular formula is C13H12N2O. The maximum absolute atomic E-state index is 12.2. The third-order valence-corrected chi connectivity index (χ3v) is 2.91. The highest BCUT2D eigenvalue weighted by Crippen LogP contribution is 2.40. The smallest absolute Gasteiger partial charge is 0.196 e. The first kappa shape index (κ1) is 9.33. The first-order valence-corrected chi connectivity index (χ1v) is 5.49. The molecule has 3 heteroatoms. The van der Waals surface area contributed by atoms with E-state index < -0.39 is 0 Å². The van der Waals surface area contributed by atoms with Crippen LogP contribution >= 0.6 is 0 Å². The van der Waals surface area contributed by atoms with Crippen LogP contribution in [0.1, 0.15) is 40.4 Å². The minimum atomic E-state index is 0.0660. The first-order chi connectivity index (χ1) is 7.86.